The van der Waals surface area contributed by atoms with E-state index in [4.69, 9.17) is 4.74 Å². The summed E-state index contributed by atoms with van der Waals surface area (Å²) in [7, 11) is 0. The van der Waals surface area contributed by atoms with E-state index in [1.54, 1.807) is 0 Å². The number of nitrogens with one attached hydrogen (secondary N) is 1. The molecular weight excluding hydrogens is 296 g/mol. The van der Waals surface area contributed by atoms with Gasteiger partial charge in [0.2, 0.25) is 0 Å². The number of H-pyrrole nitrogens is 1. The molecule has 2 heterocycles. The third-order valence-corrected chi connectivity index (χ3v) is 3.87. The first-order valence-corrected chi connectivity index (χ1v) is 7.07. The molecule has 1 aliphatic rings. The van der Waals surface area contributed by atoms with Crippen LogP contribution in [0.1, 0.15) is 51.0 Å². The molecule has 100 valence electrons. The number of aromatic amines is 1. The molecule has 0 aliphatic carbocycles. The van der Waals surface area contributed by atoms with Crippen LogP contribution in [0.15, 0.2) is 9.27 Å². The van der Waals surface area contributed by atoms with Gasteiger partial charge in [-0.05, 0) is 28.8 Å². The molecule has 1 unspecified atom stereocenters. The van der Waals surface area contributed by atoms with Gasteiger partial charge in [-0.3, -0.25) is 4.79 Å². The van der Waals surface area contributed by atoms with Crippen molar-refractivity contribution >= 4 is 15.9 Å². The van der Waals surface area contributed by atoms with Gasteiger partial charge in [-0.15, -0.1) is 0 Å². The first-order valence-electron chi connectivity index (χ1n) is 6.27. The zero-order valence-electron chi connectivity index (χ0n) is 11.0. The topological polar surface area (TPSA) is 55.0 Å². The lowest BCUT2D eigenvalue weighted by Gasteiger charge is -2.24. The molecule has 1 saturated heterocycles. The summed E-state index contributed by atoms with van der Waals surface area (Å²) in [6.45, 7) is 7.62. The van der Waals surface area contributed by atoms with Crippen molar-refractivity contribution in [1.82, 2.24) is 9.97 Å². The lowest BCUT2D eigenvalue weighted by Crippen LogP contribution is -2.27. The summed E-state index contributed by atoms with van der Waals surface area (Å²) in [4.78, 5) is 19.5. The molecular formula is C13H19BrN2O2. The van der Waals surface area contributed by atoms with Gasteiger partial charge in [-0.2, -0.15) is 0 Å². The Bertz CT molecular complexity index is 485. The quantitative estimate of drug-likeness (QED) is 0.867. The van der Waals surface area contributed by atoms with E-state index in [1.807, 2.05) is 0 Å². The van der Waals surface area contributed by atoms with Crippen LogP contribution in [0.2, 0.25) is 0 Å². The lowest BCUT2D eigenvalue weighted by atomic mass is 9.91. The van der Waals surface area contributed by atoms with Crippen LogP contribution in [-0.4, -0.2) is 23.2 Å². The van der Waals surface area contributed by atoms with Crippen molar-refractivity contribution in [2.45, 2.75) is 44.9 Å². The average Bonchev–Trinajstić information content (AvgIpc) is 2.32. The summed E-state index contributed by atoms with van der Waals surface area (Å²) < 4.78 is 6.00. The van der Waals surface area contributed by atoms with Crippen LogP contribution in [0, 0.1) is 0 Å². The predicted molar refractivity (Wildman–Crippen MR) is 74.1 cm³/mol. The minimum atomic E-state index is -0.155. The Morgan fingerprint density at radius 2 is 2.17 bits per heavy atom. The van der Waals surface area contributed by atoms with Gasteiger partial charge < -0.3 is 9.72 Å². The second-order valence-electron chi connectivity index (χ2n) is 5.78. The molecule has 1 atom stereocenters. The van der Waals surface area contributed by atoms with E-state index in [0.29, 0.717) is 11.1 Å². The Hall–Kier alpha value is -0.680. The zero-order chi connectivity index (χ0) is 13.3. The fourth-order valence-electron chi connectivity index (χ4n) is 2.12. The number of nitrogens with zero attached hydrogens (tertiary/aromatic N) is 1. The van der Waals surface area contributed by atoms with Gasteiger partial charge in [0.1, 0.15) is 10.3 Å². The highest BCUT2D eigenvalue weighted by atomic mass is 79.9. The van der Waals surface area contributed by atoms with Crippen LogP contribution >= 0.6 is 15.9 Å². The van der Waals surface area contributed by atoms with Gasteiger partial charge in [0.25, 0.3) is 5.56 Å². The van der Waals surface area contributed by atoms with Gasteiger partial charge in [-0.25, -0.2) is 4.98 Å². The molecule has 1 aromatic rings. The van der Waals surface area contributed by atoms with E-state index in [1.165, 1.54) is 0 Å². The van der Waals surface area contributed by atoms with Crippen LogP contribution in [0.5, 0.6) is 0 Å². The summed E-state index contributed by atoms with van der Waals surface area (Å²) in [6, 6.07) is 0. The van der Waals surface area contributed by atoms with E-state index < -0.39 is 0 Å². The summed E-state index contributed by atoms with van der Waals surface area (Å²) in [5.41, 5.74) is 0.555. The van der Waals surface area contributed by atoms with Gasteiger partial charge in [0, 0.05) is 17.9 Å². The van der Waals surface area contributed by atoms with Gasteiger partial charge in [0.05, 0.1) is 12.3 Å². The number of ether oxygens (including phenoxy) is 1. The second-order valence-corrected chi connectivity index (χ2v) is 6.57. The number of rotatable bonds is 1. The number of aromatic nitrogens is 2. The van der Waals surface area contributed by atoms with Crippen molar-refractivity contribution in [2.75, 3.05) is 13.2 Å². The first kappa shape index (κ1) is 13.7. The van der Waals surface area contributed by atoms with Crippen molar-refractivity contribution in [2.24, 2.45) is 0 Å². The molecule has 0 amide bonds. The smallest absolute Gasteiger partial charge is 0.265 e. The normalized spacial score (nSPS) is 21.0. The highest BCUT2D eigenvalue weighted by molar-refractivity contribution is 9.10. The molecule has 1 aromatic heterocycles. The van der Waals surface area contributed by atoms with E-state index in [0.717, 1.165) is 31.0 Å². The number of hydrogen-bond acceptors (Lipinski definition) is 3. The molecule has 0 saturated carbocycles. The molecule has 2 rings (SSSR count). The molecule has 18 heavy (non-hydrogen) atoms. The Kier molecular flexibility index (Phi) is 3.92. The van der Waals surface area contributed by atoms with Crippen molar-refractivity contribution in [3.8, 4) is 0 Å². The summed E-state index contributed by atoms with van der Waals surface area (Å²) >= 11 is 3.34. The predicted octanol–water partition coefficient (Wildman–Crippen LogP) is 2.72. The van der Waals surface area contributed by atoms with Crippen molar-refractivity contribution in [1.29, 1.82) is 0 Å². The second kappa shape index (κ2) is 5.13. The van der Waals surface area contributed by atoms with Crippen molar-refractivity contribution in [3.05, 3.63) is 26.3 Å². The largest absolute Gasteiger partial charge is 0.381 e. The Balaban J connectivity index is 2.44. The average molecular weight is 315 g/mol. The maximum absolute atomic E-state index is 12.0. The minimum Gasteiger partial charge on any atom is -0.381 e. The monoisotopic (exact) mass is 314 g/mol. The molecule has 0 radical (unpaired) electrons. The Morgan fingerprint density at radius 3 is 2.72 bits per heavy atom. The number of hydrogen-bond donors (Lipinski definition) is 1. The van der Waals surface area contributed by atoms with Crippen LogP contribution in [0.3, 0.4) is 0 Å². The SMILES string of the molecule is CC(C)(C)c1nc(C2CCCOC2)[nH]c(=O)c1Br. The maximum atomic E-state index is 12.0. The van der Waals surface area contributed by atoms with Crippen molar-refractivity contribution < 1.29 is 4.74 Å². The first-order chi connectivity index (χ1) is 8.39. The van der Waals surface area contributed by atoms with Gasteiger partial charge >= 0.3 is 0 Å². The molecule has 5 heteroatoms. The standard InChI is InChI=1S/C13H19BrN2O2/c1-13(2,3)10-9(14)12(17)16-11(15-10)8-5-4-6-18-7-8/h8H,4-7H2,1-3H3,(H,15,16,17). The van der Waals surface area contributed by atoms with E-state index >= 15 is 0 Å². The highest BCUT2D eigenvalue weighted by Crippen LogP contribution is 2.28. The van der Waals surface area contributed by atoms with E-state index in [2.05, 4.69) is 46.7 Å². The highest BCUT2D eigenvalue weighted by Gasteiger charge is 2.25. The van der Waals surface area contributed by atoms with Gasteiger partial charge in [-0.1, -0.05) is 20.8 Å². The van der Waals surface area contributed by atoms with Crippen LogP contribution in [0.4, 0.5) is 0 Å². The fraction of sp³-hybridized carbons (Fsp3) is 0.692. The molecule has 0 aromatic carbocycles. The molecule has 1 aliphatic heterocycles. The molecule has 1 fully saturated rings. The summed E-state index contributed by atoms with van der Waals surface area (Å²) in [5.74, 6) is 0.966. The summed E-state index contributed by atoms with van der Waals surface area (Å²) in [5, 5.41) is 0. The number of halogens is 1. The fourth-order valence-corrected chi connectivity index (χ4v) is 2.91. The lowest BCUT2D eigenvalue weighted by molar-refractivity contribution is 0.0778. The van der Waals surface area contributed by atoms with Crippen LogP contribution < -0.4 is 5.56 Å². The zero-order valence-corrected chi connectivity index (χ0v) is 12.6. The summed E-state index contributed by atoms with van der Waals surface area (Å²) in [6.07, 6.45) is 2.05. The van der Waals surface area contributed by atoms with Crippen molar-refractivity contribution in [3.63, 3.8) is 0 Å². The van der Waals surface area contributed by atoms with Crippen LogP contribution in [-0.2, 0) is 10.2 Å². The third-order valence-electron chi connectivity index (χ3n) is 3.14. The van der Waals surface area contributed by atoms with E-state index in [9.17, 15) is 4.79 Å². The minimum absolute atomic E-state index is 0.101. The third kappa shape index (κ3) is 2.83. The Labute approximate surface area is 115 Å². The molecule has 4 nitrogen and oxygen atoms in total. The Morgan fingerprint density at radius 1 is 1.44 bits per heavy atom. The molecule has 0 spiro atoms. The molecule has 1 N–H and O–H groups in total. The molecule has 0 bridgehead atoms. The maximum Gasteiger partial charge on any atom is 0.265 e. The van der Waals surface area contributed by atoms with E-state index in [-0.39, 0.29) is 16.9 Å². The van der Waals surface area contributed by atoms with Crippen LogP contribution in [0.25, 0.3) is 0 Å². The van der Waals surface area contributed by atoms with Gasteiger partial charge in [0.15, 0.2) is 0 Å².